The Kier molecular flexibility index (Phi) is 5.45. The average Bonchev–Trinajstić information content (AvgIpc) is 3.73. The number of hydrogen-bond donors (Lipinski definition) is 3. The van der Waals surface area contributed by atoms with E-state index in [1.54, 1.807) is 24.9 Å². The molecule has 0 aliphatic carbocycles. The number of H-pyrrole nitrogens is 2. The number of aromatic nitrogens is 7. The first-order valence-corrected chi connectivity index (χ1v) is 12.2. The van der Waals surface area contributed by atoms with E-state index in [1.165, 1.54) is 5.56 Å². The summed E-state index contributed by atoms with van der Waals surface area (Å²) in [4.78, 5) is 21.9. The number of nitrogens with one attached hydrogen (secondary N) is 3. The molecule has 38 heavy (non-hydrogen) atoms. The molecule has 1 aromatic carbocycles. The fraction of sp³-hybridized carbons (Fsp3) is 0.0690. The van der Waals surface area contributed by atoms with Gasteiger partial charge in [-0.1, -0.05) is 30.3 Å². The van der Waals surface area contributed by atoms with Crippen molar-refractivity contribution in [3.8, 4) is 34.0 Å². The van der Waals surface area contributed by atoms with E-state index in [-0.39, 0.29) is 0 Å². The van der Waals surface area contributed by atoms with Crippen LogP contribution < -0.4 is 5.32 Å². The van der Waals surface area contributed by atoms with Crippen molar-refractivity contribution in [2.75, 3.05) is 0 Å². The quantitative estimate of drug-likeness (QED) is 0.265. The van der Waals surface area contributed by atoms with Crippen molar-refractivity contribution in [1.29, 1.82) is 0 Å². The molecule has 6 heterocycles. The Morgan fingerprint density at radius 1 is 0.816 bits per heavy atom. The monoisotopic (exact) mass is 498 g/mol. The van der Waals surface area contributed by atoms with Gasteiger partial charge in [-0.25, -0.2) is 4.98 Å². The number of imidazole rings is 1. The molecule has 0 atom stereocenters. The van der Waals surface area contributed by atoms with Gasteiger partial charge in [-0.3, -0.25) is 20.1 Å². The molecule has 0 aliphatic rings. The highest BCUT2D eigenvalue weighted by Crippen LogP contribution is 2.31. The van der Waals surface area contributed by atoms with Crippen molar-refractivity contribution in [3.05, 3.63) is 103 Å². The number of benzene rings is 1. The first-order chi connectivity index (χ1) is 18.8. The molecule has 184 valence electrons. The van der Waals surface area contributed by atoms with Crippen molar-refractivity contribution in [3.63, 3.8) is 0 Å². The van der Waals surface area contributed by atoms with Gasteiger partial charge in [0.15, 0.2) is 5.82 Å². The Balaban J connectivity index is 1.20. The number of pyridine rings is 3. The van der Waals surface area contributed by atoms with Crippen LogP contribution in [-0.2, 0) is 13.1 Å². The second-order valence-corrected chi connectivity index (χ2v) is 9.01. The van der Waals surface area contributed by atoms with Gasteiger partial charge in [0.1, 0.15) is 16.9 Å². The normalized spacial score (nSPS) is 11.5. The Morgan fingerprint density at radius 3 is 2.63 bits per heavy atom. The van der Waals surface area contributed by atoms with E-state index in [9.17, 15) is 0 Å². The van der Waals surface area contributed by atoms with Crippen LogP contribution in [-0.4, -0.2) is 35.1 Å². The number of nitrogens with zero attached hydrogens (tertiary/aromatic N) is 5. The van der Waals surface area contributed by atoms with E-state index in [0.717, 1.165) is 56.6 Å². The largest absolute Gasteiger partial charge is 0.472 e. The van der Waals surface area contributed by atoms with Crippen LogP contribution in [0.25, 0.3) is 56.0 Å². The maximum atomic E-state index is 5.25. The number of hydrogen-bond acceptors (Lipinski definition) is 7. The zero-order chi connectivity index (χ0) is 25.3. The molecule has 3 N–H and O–H groups in total. The third kappa shape index (κ3) is 4.10. The molecule has 0 aliphatic heterocycles. The second-order valence-electron chi connectivity index (χ2n) is 9.01. The SMILES string of the molecule is c1ccc(CNCc2cncc(-c3cc4c(-c5nc6c(-c7ccoc7)nccc6[nH]5)n[nH]c4cn3)c2)cc1. The van der Waals surface area contributed by atoms with Crippen molar-refractivity contribution >= 4 is 21.9 Å². The molecule has 9 nitrogen and oxygen atoms in total. The maximum absolute atomic E-state index is 5.25. The van der Waals surface area contributed by atoms with E-state index in [2.05, 4.69) is 53.6 Å². The smallest absolute Gasteiger partial charge is 0.159 e. The Morgan fingerprint density at radius 2 is 1.74 bits per heavy atom. The zero-order valence-corrected chi connectivity index (χ0v) is 20.2. The van der Waals surface area contributed by atoms with Gasteiger partial charge in [-0.05, 0) is 35.4 Å². The summed E-state index contributed by atoms with van der Waals surface area (Å²) in [6.45, 7) is 1.50. The maximum Gasteiger partial charge on any atom is 0.159 e. The molecule has 0 amide bonds. The van der Waals surface area contributed by atoms with Gasteiger partial charge in [0, 0.05) is 48.2 Å². The molecule has 7 rings (SSSR count). The molecule has 0 unspecified atom stereocenters. The number of furan rings is 1. The lowest BCUT2D eigenvalue weighted by Crippen LogP contribution is -2.12. The minimum atomic E-state index is 0.651. The van der Waals surface area contributed by atoms with Crippen LogP contribution in [0, 0.1) is 0 Å². The van der Waals surface area contributed by atoms with Crippen molar-refractivity contribution in [1.82, 2.24) is 40.4 Å². The average molecular weight is 499 g/mol. The van der Waals surface area contributed by atoms with E-state index >= 15 is 0 Å². The number of fused-ring (bicyclic) bond motifs is 2. The molecule has 0 saturated carbocycles. The van der Waals surface area contributed by atoms with Gasteiger partial charge in [-0.2, -0.15) is 5.10 Å². The lowest BCUT2D eigenvalue weighted by molar-refractivity contribution is 0.568. The summed E-state index contributed by atoms with van der Waals surface area (Å²) in [6.07, 6.45) is 10.6. The highest BCUT2D eigenvalue weighted by molar-refractivity contribution is 5.96. The molecular formula is C29H22N8O. The topological polar surface area (TPSA) is 121 Å². The molecule has 0 bridgehead atoms. The van der Waals surface area contributed by atoms with Crippen LogP contribution in [0.1, 0.15) is 11.1 Å². The van der Waals surface area contributed by atoms with Gasteiger partial charge < -0.3 is 14.7 Å². The van der Waals surface area contributed by atoms with E-state index in [1.807, 2.05) is 48.8 Å². The summed E-state index contributed by atoms with van der Waals surface area (Å²) in [7, 11) is 0. The lowest BCUT2D eigenvalue weighted by atomic mass is 10.1. The minimum absolute atomic E-state index is 0.651. The van der Waals surface area contributed by atoms with Crippen LogP contribution in [0.15, 0.2) is 96.3 Å². The van der Waals surface area contributed by atoms with Gasteiger partial charge in [0.25, 0.3) is 0 Å². The highest BCUT2D eigenvalue weighted by atomic mass is 16.3. The summed E-state index contributed by atoms with van der Waals surface area (Å²) >= 11 is 0. The second kappa shape index (κ2) is 9.38. The molecule has 6 aromatic heterocycles. The predicted octanol–water partition coefficient (Wildman–Crippen LogP) is 5.51. The first-order valence-electron chi connectivity index (χ1n) is 12.2. The highest BCUT2D eigenvalue weighted by Gasteiger charge is 2.17. The fourth-order valence-electron chi connectivity index (χ4n) is 4.58. The van der Waals surface area contributed by atoms with Crippen LogP contribution in [0.5, 0.6) is 0 Å². The standard InChI is InChI=1S/C29H22N8O/c1-2-4-18(5-3-1)12-30-13-19-10-21(15-31-14-19)24-11-22-25(16-33-24)36-37-27(22)29-34-23-6-8-32-26(28(23)35-29)20-7-9-38-17-20/h1-11,14-17,30H,12-13H2,(H,34,35)(H,36,37). The first kappa shape index (κ1) is 22.1. The van der Waals surface area contributed by atoms with Crippen molar-refractivity contribution < 1.29 is 4.42 Å². The van der Waals surface area contributed by atoms with Crippen LogP contribution in [0.4, 0.5) is 0 Å². The Hall–Kier alpha value is -5.15. The third-order valence-electron chi connectivity index (χ3n) is 6.46. The molecule has 0 radical (unpaired) electrons. The number of aromatic amines is 2. The third-order valence-corrected chi connectivity index (χ3v) is 6.46. The van der Waals surface area contributed by atoms with Crippen molar-refractivity contribution in [2.45, 2.75) is 13.1 Å². The Labute approximate surface area is 217 Å². The summed E-state index contributed by atoms with van der Waals surface area (Å²) in [5.41, 5.74) is 8.88. The molecular weight excluding hydrogens is 476 g/mol. The zero-order valence-electron chi connectivity index (χ0n) is 20.2. The van der Waals surface area contributed by atoms with Crippen molar-refractivity contribution in [2.24, 2.45) is 0 Å². The van der Waals surface area contributed by atoms with E-state index in [0.29, 0.717) is 18.1 Å². The van der Waals surface area contributed by atoms with Crippen LogP contribution in [0.2, 0.25) is 0 Å². The summed E-state index contributed by atoms with van der Waals surface area (Å²) in [5, 5.41) is 12.0. The van der Waals surface area contributed by atoms with Crippen LogP contribution in [0.3, 0.4) is 0 Å². The van der Waals surface area contributed by atoms with Gasteiger partial charge in [0.2, 0.25) is 0 Å². The number of rotatable bonds is 7. The molecule has 0 fully saturated rings. The van der Waals surface area contributed by atoms with Crippen LogP contribution >= 0.6 is 0 Å². The minimum Gasteiger partial charge on any atom is -0.472 e. The molecule has 9 heteroatoms. The molecule has 7 aromatic rings. The summed E-state index contributed by atoms with van der Waals surface area (Å²) in [5.74, 6) is 0.651. The van der Waals surface area contributed by atoms with Gasteiger partial charge in [-0.15, -0.1) is 0 Å². The molecule has 0 spiro atoms. The van der Waals surface area contributed by atoms with E-state index in [4.69, 9.17) is 9.40 Å². The van der Waals surface area contributed by atoms with Gasteiger partial charge >= 0.3 is 0 Å². The molecule has 0 saturated heterocycles. The van der Waals surface area contributed by atoms with E-state index < -0.39 is 0 Å². The fourth-order valence-corrected chi connectivity index (χ4v) is 4.58. The van der Waals surface area contributed by atoms with Gasteiger partial charge in [0.05, 0.1) is 35.5 Å². The summed E-state index contributed by atoms with van der Waals surface area (Å²) in [6, 6.07) is 18.3. The summed E-state index contributed by atoms with van der Waals surface area (Å²) < 4.78 is 5.25. The lowest BCUT2D eigenvalue weighted by Gasteiger charge is -2.07. The Bertz CT molecular complexity index is 1850. The predicted molar refractivity (Wildman–Crippen MR) is 145 cm³/mol.